The van der Waals surface area contributed by atoms with Gasteiger partial charge < -0.3 is 5.11 Å². The van der Waals surface area contributed by atoms with Crippen molar-refractivity contribution in [2.45, 2.75) is 0 Å². The molecular weight excluding hydrogens is 143 g/mol. The maximum atomic E-state index is 9.29. The van der Waals surface area contributed by atoms with Crippen molar-refractivity contribution in [3.63, 3.8) is 0 Å². The molecule has 0 atom stereocenters. The summed E-state index contributed by atoms with van der Waals surface area (Å²) >= 11 is 3.42. The molecule has 40 valence electrons. The zero-order chi connectivity index (χ0) is 4.28. The van der Waals surface area contributed by atoms with E-state index in [4.69, 9.17) is 5.11 Å². The van der Waals surface area contributed by atoms with Crippen molar-refractivity contribution < 1.29 is 9.90 Å². The van der Waals surface area contributed by atoms with E-state index in [-0.39, 0.29) is 48.8 Å². The van der Waals surface area contributed by atoms with E-state index in [9.17, 15) is 4.79 Å². The van der Waals surface area contributed by atoms with Crippen LogP contribution in [0.4, 0.5) is 0 Å². The van der Waals surface area contributed by atoms with Crippen LogP contribution in [0.3, 0.4) is 0 Å². The van der Waals surface area contributed by atoms with E-state index in [2.05, 4.69) is 12.6 Å². The minimum absolute atomic E-state index is 0. The molecule has 0 saturated heterocycles. The van der Waals surface area contributed by atoms with Crippen LogP contribution >= 0.6 is 26.1 Å². The number of carboxylic acid groups (broad SMARTS) is 1. The van der Waals surface area contributed by atoms with Gasteiger partial charge in [-0.25, -0.2) is 0 Å². The second-order valence-corrected chi connectivity index (χ2v) is 0.868. The number of rotatable bonds is 1. The van der Waals surface area contributed by atoms with Crippen LogP contribution in [0.25, 0.3) is 0 Å². The molecule has 0 aromatic rings. The summed E-state index contributed by atoms with van der Waals surface area (Å²) in [6.07, 6.45) is 0. The molecule has 7 heavy (non-hydrogen) atoms. The zero-order valence-corrected chi connectivity index (χ0v) is 4.90. The van der Waals surface area contributed by atoms with Gasteiger partial charge in [-0.2, -0.15) is 26.1 Å². The van der Waals surface area contributed by atoms with Crippen LogP contribution in [-0.4, -0.2) is 46.4 Å². The average Bonchev–Trinajstić information content (AvgIpc) is 1.38. The van der Waals surface area contributed by atoms with Gasteiger partial charge in [0.05, 0.1) is 5.75 Å². The standard InChI is InChI=1S/C2H4O2S.Na.H2S.H/c3-2(4)1-5;;;/h5H,1H2,(H,3,4);;1H2;. The van der Waals surface area contributed by atoms with E-state index in [1.807, 2.05) is 0 Å². The van der Waals surface area contributed by atoms with Crippen LogP contribution in [0.2, 0.25) is 0 Å². The minimum atomic E-state index is -0.881. The number of hydrogen-bond donors (Lipinski definition) is 2. The summed E-state index contributed by atoms with van der Waals surface area (Å²) in [7, 11) is 0. The molecule has 0 amide bonds. The molecule has 0 bridgehead atoms. The van der Waals surface area contributed by atoms with Crippen LogP contribution in [0.1, 0.15) is 0 Å². The quantitative estimate of drug-likeness (QED) is 0.389. The van der Waals surface area contributed by atoms with Crippen molar-refractivity contribution in [2.75, 3.05) is 5.75 Å². The summed E-state index contributed by atoms with van der Waals surface area (Å²) < 4.78 is 0. The van der Waals surface area contributed by atoms with Gasteiger partial charge in [-0.3, -0.25) is 4.79 Å². The summed E-state index contributed by atoms with van der Waals surface area (Å²) in [5.74, 6) is -0.965. The Bertz CT molecular complexity index is 49.0. The Kier molecular flexibility index (Phi) is 22.9. The van der Waals surface area contributed by atoms with Gasteiger partial charge in [0.2, 0.25) is 0 Å². The molecule has 0 aliphatic rings. The van der Waals surface area contributed by atoms with Gasteiger partial charge in [0, 0.05) is 0 Å². The third-order valence-electron chi connectivity index (χ3n) is 0.135. The van der Waals surface area contributed by atoms with Gasteiger partial charge in [0.1, 0.15) is 0 Å². The summed E-state index contributed by atoms with van der Waals surface area (Å²) in [6, 6.07) is 0. The molecule has 0 spiro atoms. The summed E-state index contributed by atoms with van der Waals surface area (Å²) in [5.41, 5.74) is 0. The third-order valence-corrected chi connectivity index (χ3v) is 0.406. The monoisotopic (exact) mass is 150 g/mol. The van der Waals surface area contributed by atoms with Crippen molar-refractivity contribution in [3.05, 3.63) is 0 Å². The Hall–Kier alpha value is 1.17. The van der Waals surface area contributed by atoms with Crippen LogP contribution in [0.15, 0.2) is 0 Å². The third kappa shape index (κ3) is 19.1. The van der Waals surface area contributed by atoms with Crippen LogP contribution in [-0.2, 0) is 4.79 Å². The fraction of sp³-hybridized carbons (Fsp3) is 0.500. The molecule has 0 saturated carbocycles. The number of carbonyl (C=O) groups is 1. The van der Waals surface area contributed by atoms with Crippen molar-refractivity contribution >= 4 is 61.7 Å². The molecule has 2 nitrogen and oxygen atoms in total. The molecule has 0 heterocycles. The molecule has 0 aromatic heterocycles. The van der Waals surface area contributed by atoms with E-state index in [1.165, 1.54) is 0 Å². The molecule has 1 N–H and O–H groups in total. The summed E-state index contributed by atoms with van der Waals surface area (Å²) in [4.78, 5) is 9.29. The fourth-order valence-corrected chi connectivity index (χ4v) is 0. The molecule has 0 rings (SSSR count). The predicted octanol–water partition coefficient (Wildman–Crippen LogP) is -0.535. The van der Waals surface area contributed by atoms with Crippen LogP contribution in [0.5, 0.6) is 0 Å². The van der Waals surface area contributed by atoms with Gasteiger partial charge in [-0.05, 0) is 0 Å². The summed E-state index contributed by atoms with van der Waals surface area (Å²) in [6.45, 7) is 0. The van der Waals surface area contributed by atoms with E-state index in [0.29, 0.717) is 0 Å². The van der Waals surface area contributed by atoms with Gasteiger partial charge in [-0.15, -0.1) is 0 Å². The molecule has 0 aliphatic carbocycles. The van der Waals surface area contributed by atoms with E-state index < -0.39 is 5.97 Å². The first kappa shape index (κ1) is 15.7. The maximum absolute atomic E-state index is 9.29. The molecule has 0 aromatic carbocycles. The normalized spacial score (nSPS) is 5.29. The number of hydrogen-bond acceptors (Lipinski definition) is 2. The molecule has 0 radical (unpaired) electrons. The van der Waals surface area contributed by atoms with E-state index in [1.54, 1.807) is 0 Å². The zero-order valence-electron chi connectivity index (χ0n) is 3.01. The molecule has 0 fully saturated rings. The Balaban J connectivity index is -0.0000000800. The van der Waals surface area contributed by atoms with E-state index >= 15 is 0 Å². The molecular formula is C2H7NaO2S2. The topological polar surface area (TPSA) is 37.3 Å². The number of carboxylic acids is 1. The van der Waals surface area contributed by atoms with E-state index in [0.717, 1.165) is 0 Å². The first-order valence-electron chi connectivity index (χ1n) is 1.10. The van der Waals surface area contributed by atoms with Crippen LogP contribution in [0, 0.1) is 0 Å². The predicted molar refractivity (Wildman–Crippen MR) is 39.0 cm³/mol. The van der Waals surface area contributed by atoms with Crippen molar-refractivity contribution in [3.8, 4) is 0 Å². The first-order valence-corrected chi connectivity index (χ1v) is 1.73. The van der Waals surface area contributed by atoms with Crippen LogP contribution < -0.4 is 0 Å². The molecule has 0 unspecified atom stereocenters. The Morgan fingerprint density at radius 1 is 1.71 bits per heavy atom. The second-order valence-electron chi connectivity index (χ2n) is 0.552. The fourth-order valence-electron chi connectivity index (χ4n) is 0. The van der Waals surface area contributed by atoms with Crippen molar-refractivity contribution in [2.24, 2.45) is 0 Å². The molecule has 5 heteroatoms. The number of thiol groups is 1. The van der Waals surface area contributed by atoms with Crippen molar-refractivity contribution in [1.82, 2.24) is 0 Å². The van der Waals surface area contributed by atoms with Crippen molar-refractivity contribution in [1.29, 1.82) is 0 Å². The Labute approximate surface area is 76.8 Å². The van der Waals surface area contributed by atoms with Gasteiger partial charge in [-0.1, -0.05) is 0 Å². The average molecular weight is 150 g/mol. The van der Waals surface area contributed by atoms with Gasteiger partial charge in [0.25, 0.3) is 0 Å². The second kappa shape index (κ2) is 10.2. The van der Waals surface area contributed by atoms with Gasteiger partial charge >= 0.3 is 35.5 Å². The molecule has 0 aliphatic heterocycles. The number of aliphatic carboxylic acids is 1. The Morgan fingerprint density at radius 3 is 1.86 bits per heavy atom. The Morgan fingerprint density at radius 2 is 1.86 bits per heavy atom. The first-order chi connectivity index (χ1) is 2.27. The summed E-state index contributed by atoms with van der Waals surface area (Å²) in [5, 5.41) is 7.65. The van der Waals surface area contributed by atoms with Gasteiger partial charge in [0.15, 0.2) is 0 Å². The SMILES string of the molecule is O=C(O)CS.S.[NaH].